The molecule has 40 heavy (non-hydrogen) atoms. The van der Waals surface area contributed by atoms with E-state index in [-0.39, 0.29) is 17.2 Å². The van der Waals surface area contributed by atoms with Gasteiger partial charge in [0.05, 0.1) is 17.1 Å². The number of anilines is 2. The first kappa shape index (κ1) is 29.8. The van der Waals surface area contributed by atoms with Gasteiger partial charge in [-0.05, 0) is 68.4 Å². The second kappa shape index (κ2) is 12.6. The molecule has 1 fully saturated rings. The zero-order valence-electron chi connectivity index (χ0n) is 24.4. The average molecular weight is 566 g/mol. The van der Waals surface area contributed by atoms with Gasteiger partial charge in [0.15, 0.2) is 0 Å². The number of nitrogens with zero attached hydrogens (tertiary/aromatic N) is 3. The Balaban J connectivity index is 1.39. The van der Waals surface area contributed by atoms with Crippen LogP contribution in [0.15, 0.2) is 54.6 Å². The molecule has 0 aliphatic carbocycles. The van der Waals surface area contributed by atoms with Crippen molar-refractivity contribution in [1.29, 1.82) is 0 Å². The number of nitrogens with one attached hydrogen (secondary N) is 2. The predicted octanol–water partition coefficient (Wildman–Crippen LogP) is 6.51. The van der Waals surface area contributed by atoms with Crippen molar-refractivity contribution in [3.8, 4) is 5.69 Å². The van der Waals surface area contributed by atoms with Crippen LogP contribution in [0.5, 0.6) is 0 Å². The Hall–Kier alpha value is -3.17. The van der Waals surface area contributed by atoms with Crippen LogP contribution >= 0.6 is 0 Å². The lowest BCUT2D eigenvalue weighted by atomic mass is 9.91. The van der Waals surface area contributed by atoms with Crippen LogP contribution in [0.1, 0.15) is 70.2 Å². The molecule has 2 aromatic carbocycles. The van der Waals surface area contributed by atoms with Crippen LogP contribution in [0.3, 0.4) is 0 Å². The van der Waals surface area contributed by atoms with Crippen LogP contribution < -0.4 is 10.6 Å². The number of rotatable bonds is 9. The average Bonchev–Trinajstić information content (AvgIpc) is 3.33. The van der Waals surface area contributed by atoms with Crippen LogP contribution in [-0.4, -0.2) is 47.4 Å². The van der Waals surface area contributed by atoms with Gasteiger partial charge in [-0.2, -0.15) is 5.10 Å². The number of hydrogen-bond donors (Lipinski definition) is 2. The zero-order chi connectivity index (χ0) is 28.9. The first-order valence-corrected chi connectivity index (χ1v) is 15.9. The highest BCUT2D eigenvalue weighted by Gasteiger charge is 2.27. The Morgan fingerprint density at radius 1 is 1.02 bits per heavy atom. The minimum atomic E-state index is -3.14. The number of urea groups is 1. The summed E-state index contributed by atoms with van der Waals surface area (Å²) >= 11 is 0. The molecular formula is C31H43N5O3S. The highest BCUT2D eigenvalue weighted by Crippen LogP contribution is 2.28. The Morgan fingerprint density at radius 3 is 2.38 bits per heavy atom. The number of carbonyl (C=O) groups excluding carboxylic acids is 1. The summed E-state index contributed by atoms with van der Waals surface area (Å²) in [4.78, 5) is 13.1. The van der Waals surface area contributed by atoms with E-state index in [9.17, 15) is 13.2 Å². The molecule has 0 unspecified atom stereocenters. The molecule has 1 aliphatic rings. The third-order valence-corrected chi connectivity index (χ3v) is 9.39. The summed E-state index contributed by atoms with van der Waals surface area (Å²) in [5.41, 5.74) is 4.59. The van der Waals surface area contributed by atoms with E-state index >= 15 is 0 Å². The molecular weight excluding hydrogens is 522 g/mol. The van der Waals surface area contributed by atoms with E-state index in [1.807, 2.05) is 62.4 Å². The minimum Gasteiger partial charge on any atom is -0.308 e. The number of benzene rings is 2. The fourth-order valence-electron chi connectivity index (χ4n) is 4.95. The predicted molar refractivity (Wildman–Crippen MR) is 163 cm³/mol. The van der Waals surface area contributed by atoms with Crippen LogP contribution in [0.4, 0.5) is 16.3 Å². The lowest BCUT2D eigenvalue weighted by Gasteiger charge is -2.31. The smallest absolute Gasteiger partial charge is 0.308 e. The summed E-state index contributed by atoms with van der Waals surface area (Å²) in [7, 11) is -3.14. The summed E-state index contributed by atoms with van der Waals surface area (Å²) < 4.78 is 28.5. The number of hydrogen-bond acceptors (Lipinski definition) is 4. The molecule has 1 aromatic heterocycles. The fourth-order valence-corrected chi connectivity index (χ4v) is 6.63. The molecule has 2 N–H and O–H groups in total. The van der Waals surface area contributed by atoms with E-state index in [1.54, 1.807) is 8.99 Å². The van der Waals surface area contributed by atoms with E-state index in [4.69, 9.17) is 5.10 Å². The molecule has 216 valence electrons. The Morgan fingerprint density at radius 2 is 1.73 bits per heavy atom. The summed E-state index contributed by atoms with van der Waals surface area (Å²) in [6.07, 6.45) is 4.15. The Bertz CT molecular complexity index is 1400. The maximum Gasteiger partial charge on any atom is 0.324 e. The maximum absolute atomic E-state index is 13.1. The molecule has 3 aromatic rings. The van der Waals surface area contributed by atoms with Gasteiger partial charge in [-0.1, -0.05) is 63.9 Å². The number of unbranched alkanes of at least 4 members (excludes halogenated alkanes) is 1. The van der Waals surface area contributed by atoms with Crippen molar-refractivity contribution in [2.24, 2.45) is 5.92 Å². The van der Waals surface area contributed by atoms with Crippen LogP contribution in [0, 0.1) is 12.8 Å². The largest absolute Gasteiger partial charge is 0.324 e. The maximum atomic E-state index is 13.1. The van der Waals surface area contributed by atoms with Crippen molar-refractivity contribution in [1.82, 2.24) is 14.1 Å². The third kappa shape index (κ3) is 7.73. The number of aromatic nitrogens is 2. The summed E-state index contributed by atoms with van der Waals surface area (Å²) in [6.45, 7) is 11.5. The molecule has 1 saturated heterocycles. The monoisotopic (exact) mass is 565 g/mol. The highest BCUT2D eigenvalue weighted by atomic mass is 32.2. The molecule has 2 heterocycles. The van der Waals surface area contributed by atoms with Crippen LogP contribution in [0.2, 0.25) is 0 Å². The quantitative estimate of drug-likeness (QED) is 0.309. The minimum absolute atomic E-state index is 0.174. The van der Waals surface area contributed by atoms with Gasteiger partial charge >= 0.3 is 6.03 Å². The molecule has 0 spiro atoms. The number of sulfonamides is 1. The normalized spacial score (nSPS) is 15.2. The molecule has 2 amide bonds. The van der Waals surface area contributed by atoms with E-state index in [2.05, 4.69) is 37.5 Å². The molecule has 0 saturated carbocycles. The molecule has 1 aliphatic heterocycles. The number of amides is 2. The van der Waals surface area contributed by atoms with Gasteiger partial charge < -0.3 is 5.32 Å². The molecule has 0 bridgehead atoms. The lowest BCUT2D eigenvalue weighted by Crippen LogP contribution is -2.40. The van der Waals surface area contributed by atoms with Gasteiger partial charge in [0.1, 0.15) is 5.82 Å². The van der Waals surface area contributed by atoms with Gasteiger partial charge in [-0.25, -0.2) is 22.2 Å². The van der Waals surface area contributed by atoms with Crippen molar-refractivity contribution < 1.29 is 13.2 Å². The Labute approximate surface area is 239 Å². The number of piperidine rings is 1. The first-order valence-electron chi connectivity index (χ1n) is 14.3. The van der Waals surface area contributed by atoms with Crippen LogP contribution in [0.25, 0.3) is 5.69 Å². The summed E-state index contributed by atoms with van der Waals surface area (Å²) in [5.74, 6) is 1.26. The van der Waals surface area contributed by atoms with Gasteiger partial charge in [-0.15, -0.1) is 0 Å². The van der Waals surface area contributed by atoms with Crippen molar-refractivity contribution in [2.75, 3.05) is 29.5 Å². The standard InChI is InChI=1S/C31H43N5O3S/c1-6-7-19-40(38,39)35-17-15-24(16-18-35)20-25-9-8-10-26(21-25)32-30(37)33-29-22-28(31(3,4)5)34-36(29)27-13-11-23(2)12-14-27/h8-14,21-22,24H,6-7,15-20H2,1-5H3,(H2,32,33,37). The van der Waals surface area contributed by atoms with Gasteiger partial charge in [0.25, 0.3) is 0 Å². The molecule has 8 nitrogen and oxygen atoms in total. The summed E-state index contributed by atoms with van der Waals surface area (Å²) in [5, 5.41) is 10.7. The van der Waals surface area contributed by atoms with Gasteiger partial charge in [0.2, 0.25) is 10.0 Å². The van der Waals surface area contributed by atoms with Crippen LogP contribution in [-0.2, 0) is 21.9 Å². The van der Waals surface area contributed by atoms with Crippen molar-refractivity contribution in [3.63, 3.8) is 0 Å². The lowest BCUT2D eigenvalue weighted by molar-refractivity contribution is 0.262. The topological polar surface area (TPSA) is 96.3 Å². The highest BCUT2D eigenvalue weighted by molar-refractivity contribution is 7.89. The zero-order valence-corrected chi connectivity index (χ0v) is 25.2. The molecule has 0 atom stereocenters. The van der Waals surface area contributed by atoms with E-state index in [0.29, 0.717) is 36.9 Å². The number of aryl methyl sites for hydroxylation is 1. The summed E-state index contributed by atoms with van der Waals surface area (Å²) in [6, 6.07) is 17.5. The second-order valence-corrected chi connectivity index (χ2v) is 14.0. The second-order valence-electron chi connectivity index (χ2n) is 11.9. The molecule has 0 radical (unpaired) electrons. The fraction of sp³-hybridized carbons (Fsp3) is 0.484. The first-order chi connectivity index (χ1) is 18.9. The van der Waals surface area contributed by atoms with Gasteiger partial charge in [-0.3, -0.25) is 5.32 Å². The Kier molecular flexibility index (Phi) is 9.36. The van der Waals surface area contributed by atoms with E-state index in [0.717, 1.165) is 48.2 Å². The third-order valence-electron chi connectivity index (χ3n) is 7.43. The molecule has 4 rings (SSSR count). The molecule has 9 heteroatoms. The van der Waals surface area contributed by atoms with E-state index < -0.39 is 10.0 Å². The number of carbonyl (C=O) groups is 1. The SMILES string of the molecule is CCCCS(=O)(=O)N1CCC(Cc2cccc(NC(=O)Nc3cc(C(C)(C)C)nn3-c3ccc(C)cc3)c2)CC1. The van der Waals surface area contributed by atoms with Crippen molar-refractivity contribution >= 4 is 27.6 Å². The van der Waals surface area contributed by atoms with Crippen molar-refractivity contribution in [2.45, 2.75) is 72.1 Å². The van der Waals surface area contributed by atoms with Gasteiger partial charge in [0, 0.05) is 30.3 Å². The van der Waals surface area contributed by atoms with E-state index in [1.165, 1.54) is 0 Å². The van der Waals surface area contributed by atoms with Crippen molar-refractivity contribution in [3.05, 3.63) is 71.4 Å².